The van der Waals surface area contributed by atoms with Crippen molar-refractivity contribution in [3.05, 3.63) is 53.6 Å². The molecule has 0 saturated carbocycles. The monoisotopic (exact) mass is 578 g/mol. The number of thioether (sulfide) groups is 1. The Bertz CT molecular complexity index is 1150. The third kappa shape index (κ3) is 11.5. The van der Waals surface area contributed by atoms with Crippen molar-refractivity contribution in [1.82, 2.24) is 9.80 Å². The lowest BCUT2D eigenvalue weighted by Gasteiger charge is -2.39. The van der Waals surface area contributed by atoms with Crippen LogP contribution in [0.15, 0.2) is 57.2 Å². The van der Waals surface area contributed by atoms with Gasteiger partial charge in [-0.3, -0.25) is 18.9 Å². The summed E-state index contributed by atoms with van der Waals surface area (Å²) >= 11 is 3.74. The third-order valence-corrected chi connectivity index (χ3v) is 7.38. The van der Waals surface area contributed by atoms with Crippen LogP contribution in [0.4, 0.5) is 0 Å². The molecule has 3 N–H and O–H groups in total. The average molecular weight is 579 g/mol. The summed E-state index contributed by atoms with van der Waals surface area (Å²) in [6.07, 6.45) is 4.66. The van der Waals surface area contributed by atoms with E-state index in [9.17, 15) is 21.9 Å². The van der Waals surface area contributed by atoms with Crippen molar-refractivity contribution < 1.29 is 31.0 Å². The minimum Gasteiger partial charge on any atom is -0.395 e. The molecule has 0 spiro atoms. The molecule has 2 heterocycles. The second-order valence-electron chi connectivity index (χ2n) is 8.40. The van der Waals surface area contributed by atoms with Gasteiger partial charge in [-0.1, -0.05) is 30.0 Å². The zero-order valence-electron chi connectivity index (χ0n) is 20.6. The normalized spacial score (nSPS) is 18.4. The Morgan fingerprint density at radius 1 is 0.944 bits per heavy atom. The first-order valence-corrected chi connectivity index (χ1v) is 16.9. The Kier molecular flexibility index (Phi) is 12.2. The molecule has 2 aromatic carbocycles. The standard InChI is InChI=1S/C21H26N2OS2.2CH4O3S/c1-25-17-6-7-21-18(15-17)19(14-16-4-2-3-5-20(16)26-21)23-10-8-22(9-11-23)12-13-24;2*1-5(2,3)4/h2-7,15,19,24H,8-14H2,1H3;2*1H3,(H,2,3,4). The highest BCUT2D eigenvalue weighted by Gasteiger charge is 2.30. The Balaban J connectivity index is 0.000000389. The van der Waals surface area contributed by atoms with Crippen molar-refractivity contribution in [2.75, 3.05) is 58.1 Å². The molecule has 0 amide bonds. The molecule has 202 valence electrons. The molecule has 2 aromatic rings. The van der Waals surface area contributed by atoms with E-state index in [4.69, 9.17) is 9.11 Å². The van der Waals surface area contributed by atoms with Crippen LogP contribution in [0.3, 0.4) is 0 Å². The fraction of sp³-hybridized carbons (Fsp3) is 0.478. The number of β-amino-alcohol motifs (C(OH)–C–C–N with tert-alkyl or cyclic N) is 1. The predicted molar refractivity (Wildman–Crippen MR) is 145 cm³/mol. The van der Waals surface area contributed by atoms with Crippen LogP contribution in [0.5, 0.6) is 0 Å². The summed E-state index contributed by atoms with van der Waals surface area (Å²) in [5.74, 6) is 0. The highest BCUT2D eigenvalue weighted by atomic mass is 32.2. The fourth-order valence-corrected chi connectivity index (χ4v) is 5.55. The number of hydrogen-bond donors (Lipinski definition) is 3. The van der Waals surface area contributed by atoms with Crippen LogP contribution in [-0.2, 0) is 26.7 Å². The van der Waals surface area contributed by atoms with Gasteiger partial charge in [0, 0.05) is 53.5 Å². The molecular weight excluding hydrogens is 545 g/mol. The summed E-state index contributed by atoms with van der Waals surface area (Å²) < 4.78 is 51.7. The van der Waals surface area contributed by atoms with E-state index in [0.29, 0.717) is 18.6 Å². The second-order valence-corrected chi connectivity index (χ2v) is 13.3. The number of benzene rings is 2. The molecule has 36 heavy (non-hydrogen) atoms. The van der Waals surface area contributed by atoms with E-state index in [1.165, 1.54) is 25.8 Å². The summed E-state index contributed by atoms with van der Waals surface area (Å²) in [6, 6.07) is 16.3. The molecule has 1 saturated heterocycles. The molecule has 0 bridgehead atoms. The number of aliphatic hydroxyl groups is 1. The summed E-state index contributed by atoms with van der Waals surface area (Å²) in [4.78, 5) is 9.16. The van der Waals surface area contributed by atoms with Crippen LogP contribution in [-0.4, -0.2) is 98.9 Å². The van der Waals surface area contributed by atoms with Crippen LogP contribution >= 0.6 is 23.5 Å². The molecule has 1 atom stereocenters. The topological polar surface area (TPSA) is 135 Å². The van der Waals surface area contributed by atoms with Crippen LogP contribution in [0.1, 0.15) is 17.2 Å². The first-order valence-electron chi connectivity index (χ1n) is 11.1. The largest absolute Gasteiger partial charge is 0.395 e. The first kappa shape index (κ1) is 31.1. The summed E-state index contributed by atoms with van der Waals surface area (Å²) in [6.45, 7) is 5.28. The smallest absolute Gasteiger partial charge is 0.261 e. The minimum absolute atomic E-state index is 0.257. The van der Waals surface area contributed by atoms with Gasteiger partial charge in [0.15, 0.2) is 0 Å². The lowest BCUT2D eigenvalue weighted by molar-refractivity contribution is 0.0823. The van der Waals surface area contributed by atoms with E-state index in [-0.39, 0.29) is 6.61 Å². The van der Waals surface area contributed by atoms with Gasteiger partial charge in [-0.2, -0.15) is 16.8 Å². The van der Waals surface area contributed by atoms with Crippen LogP contribution in [0.25, 0.3) is 0 Å². The molecule has 0 aromatic heterocycles. The van der Waals surface area contributed by atoms with Crippen molar-refractivity contribution in [1.29, 1.82) is 0 Å². The van der Waals surface area contributed by atoms with Crippen molar-refractivity contribution >= 4 is 43.8 Å². The van der Waals surface area contributed by atoms with Crippen LogP contribution in [0, 0.1) is 0 Å². The van der Waals surface area contributed by atoms with Gasteiger partial charge >= 0.3 is 0 Å². The summed E-state index contributed by atoms with van der Waals surface area (Å²) in [5.41, 5.74) is 2.94. The second kappa shape index (κ2) is 14.1. The van der Waals surface area contributed by atoms with Crippen LogP contribution < -0.4 is 0 Å². The fourth-order valence-electron chi connectivity index (χ4n) is 3.98. The maximum atomic E-state index is 9.21. The lowest BCUT2D eigenvalue weighted by atomic mass is 9.96. The molecular formula is C23H34N2O7S4. The number of aliphatic hydroxyl groups excluding tert-OH is 1. The molecule has 2 aliphatic rings. The van der Waals surface area contributed by atoms with Gasteiger partial charge in [-0.25, -0.2) is 0 Å². The van der Waals surface area contributed by atoms with E-state index in [1.807, 2.05) is 23.5 Å². The number of hydrogen-bond acceptors (Lipinski definition) is 9. The van der Waals surface area contributed by atoms with Gasteiger partial charge in [-0.05, 0) is 48.1 Å². The minimum atomic E-state index is -3.67. The number of nitrogens with zero attached hydrogens (tertiary/aromatic N) is 2. The summed E-state index contributed by atoms with van der Waals surface area (Å²) in [7, 11) is -7.33. The quantitative estimate of drug-likeness (QED) is 0.365. The van der Waals surface area contributed by atoms with Gasteiger partial charge in [0.1, 0.15) is 0 Å². The Morgan fingerprint density at radius 3 is 2.08 bits per heavy atom. The van der Waals surface area contributed by atoms with E-state index in [2.05, 4.69) is 58.5 Å². The molecule has 0 aliphatic carbocycles. The number of fused-ring (bicyclic) bond motifs is 2. The molecule has 9 nitrogen and oxygen atoms in total. The van der Waals surface area contributed by atoms with Gasteiger partial charge in [0.2, 0.25) is 0 Å². The Labute approximate surface area is 222 Å². The van der Waals surface area contributed by atoms with Gasteiger partial charge in [-0.15, -0.1) is 11.8 Å². The van der Waals surface area contributed by atoms with Crippen LogP contribution in [0.2, 0.25) is 0 Å². The SMILES string of the molecule is CS(=O)(=O)O.CS(=O)(=O)O.CSc1ccc2c(c1)C(N1CCN(CCO)CC1)Cc1ccccc1S2. The average Bonchev–Trinajstić information content (AvgIpc) is 2.94. The first-order chi connectivity index (χ1) is 16.8. The van der Waals surface area contributed by atoms with Gasteiger partial charge < -0.3 is 5.11 Å². The molecule has 1 fully saturated rings. The van der Waals surface area contributed by atoms with Crippen molar-refractivity contribution in [2.24, 2.45) is 0 Å². The lowest BCUT2D eigenvalue weighted by Crippen LogP contribution is -2.48. The maximum Gasteiger partial charge on any atom is 0.261 e. The maximum absolute atomic E-state index is 9.21. The van der Waals surface area contributed by atoms with E-state index >= 15 is 0 Å². The molecule has 13 heteroatoms. The zero-order chi connectivity index (χ0) is 26.9. The highest BCUT2D eigenvalue weighted by Crippen LogP contribution is 2.44. The van der Waals surface area contributed by atoms with Gasteiger partial charge in [0.25, 0.3) is 20.2 Å². The Hall–Kier alpha value is -1.16. The van der Waals surface area contributed by atoms with Crippen molar-refractivity contribution in [2.45, 2.75) is 27.1 Å². The third-order valence-electron chi connectivity index (χ3n) is 5.45. The molecule has 1 unspecified atom stereocenters. The number of rotatable bonds is 4. The number of piperazine rings is 1. The summed E-state index contributed by atoms with van der Waals surface area (Å²) in [5, 5.41) is 9.21. The van der Waals surface area contributed by atoms with E-state index < -0.39 is 20.2 Å². The van der Waals surface area contributed by atoms with Crippen molar-refractivity contribution in [3.63, 3.8) is 0 Å². The Morgan fingerprint density at radius 2 is 1.53 bits per heavy atom. The zero-order valence-corrected chi connectivity index (χ0v) is 23.8. The molecule has 2 aliphatic heterocycles. The molecule has 4 rings (SSSR count). The predicted octanol–water partition coefficient (Wildman–Crippen LogP) is 2.77. The van der Waals surface area contributed by atoms with Crippen molar-refractivity contribution in [3.8, 4) is 0 Å². The van der Waals surface area contributed by atoms with E-state index in [1.54, 1.807) is 0 Å². The van der Waals surface area contributed by atoms with Gasteiger partial charge in [0.05, 0.1) is 19.1 Å². The highest BCUT2D eigenvalue weighted by molar-refractivity contribution is 7.99. The van der Waals surface area contributed by atoms with E-state index in [0.717, 1.165) is 39.1 Å². The molecule has 0 radical (unpaired) electrons.